The highest BCUT2D eigenvalue weighted by atomic mass is 35.5. The maximum atomic E-state index is 11.3. The summed E-state index contributed by atoms with van der Waals surface area (Å²) in [6.07, 6.45) is 0. The number of ether oxygens (including phenoxy) is 1. The monoisotopic (exact) mass is 228 g/mol. The Morgan fingerprint density at radius 1 is 1.53 bits per heavy atom. The topological polar surface area (TPSA) is 50.4 Å². The van der Waals surface area contributed by atoms with Crippen LogP contribution < -0.4 is 10.6 Å². The molecule has 0 aliphatic rings. The van der Waals surface area contributed by atoms with Crippen molar-refractivity contribution in [3.05, 3.63) is 28.8 Å². The Hall–Kier alpha value is -1.26. The second-order valence-electron chi connectivity index (χ2n) is 2.98. The molecule has 0 heterocycles. The zero-order chi connectivity index (χ0) is 11.3. The van der Waals surface area contributed by atoms with Gasteiger partial charge in [0.1, 0.15) is 6.73 Å². The van der Waals surface area contributed by atoms with Crippen LogP contribution >= 0.6 is 11.6 Å². The number of hydrogen-bond acceptors (Lipinski definition) is 2. The molecule has 4 nitrogen and oxygen atoms in total. The minimum atomic E-state index is -0.317. The summed E-state index contributed by atoms with van der Waals surface area (Å²) < 4.78 is 4.71. The van der Waals surface area contributed by atoms with Crippen molar-refractivity contribution in [3.8, 4) is 0 Å². The van der Waals surface area contributed by atoms with E-state index in [0.29, 0.717) is 10.7 Å². The predicted octanol–water partition coefficient (Wildman–Crippen LogP) is 2.37. The molecule has 0 spiro atoms. The number of carbonyl (C=O) groups excluding carboxylic acids is 1. The number of rotatable bonds is 3. The molecular weight excluding hydrogens is 216 g/mol. The molecule has 1 rings (SSSR count). The maximum absolute atomic E-state index is 11.3. The number of carbonyl (C=O) groups is 1. The average Bonchev–Trinajstić information content (AvgIpc) is 2.22. The first-order chi connectivity index (χ1) is 7.15. The number of amides is 2. The largest absolute Gasteiger partial charge is 0.364 e. The summed E-state index contributed by atoms with van der Waals surface area (Å²) in [6, 6.07) is 5.02. The summed E-state index contributed by atoms with van der Waals surface area (Å²) in [5.41, 5.74) is 1.53. The molecule has 82 valence electrons. The summed E-state index contributed by atoms with van der Waals surface area (Å²) in [5, 5.41) is 5.81. The van der Waals surface area contributed by atoms with Crippen LogP contribution in [0.4, 0.5) is 10.5 Å². The van der Waals surface area contributed by atoms with Crippen LogP contribution in [0.5, 0.6) is 0 Å². The van der Waals surface area contributed by atoms with Crippen LogP contribution in [0.15, 0.2) is 18.2 Å². The van der Waals surface area contributed by atoms with Crippen LogP contribution in [0.2, 0.25) is 5.02 Å². The van der Waals surface area contributed by atoms with E-state index in [0.717, 1.165) is 5.56 Å². The molecule has 0 unspecified atom stereocenters. The lowest BCUT2D eigenvalue weighted by Crippen LogP contribution is -2.30. The van der Waals surface area contributed by atoms with Crippen molar-refractivity contribution in [2.24, 2.45) is 0 Å². The lowest BCUT2D eigenvalue weighted by atomic mass is 10.2. The average molecular weight is 229 g/mol. The fraction of sp³-hybridized carbons (Fsp3) is 0.300. The van der Waals surface area contributed by atoms with Crippen LogP contribution in [0.3, 0.4) is 0 Å². The van der Waals surface area contributed by atoms with Crippen molar-refractivity contribution in [3.63, 3.8) is 0 Å². The molecule has 0 saturated carbocycles. The lowest BCUT2D eigenvalue weighted by molar-refractivity contribution is 0.177. The van der Waals surface area contributed by atoms with Crippen LogP contribution in [-0.2, 0) is 4.74 Å². The standard InChI is InChI=1S/C10H13ClN2O2/c1-7-8(11)4-3-5-9(7)13-10(14)12-6-15-2/h3-5H,6H2,1-2H3,(H2,12,13,14). The first-order valence-electron chi connectivity index (χ1n) is 4.44. The molecule has 1 aromatic rings. The summed E-state index contributed by atoms with van der Waals surface area (Å²) in [5.74, 6) is 0. The molecule has 0 fully saturated rings. The molecule has 0 radical (unpaired) electrons. The minimum Gasteiger partial charge on any atom is -0.364 e. The van der Waals surface area contributed by atoms with Gasteiger partial charge in [-0.05, 0) is 24.6 Å². The van der Waals surface area contributed by atoms with Crippen LogP contribution in [0.25, 0.3) is 0 Å². The van der Waals surface area contributed by atoms with Gasteiger partial charge >= 0.3 is 6.03 Å². The Labute approximate surface area is 93.6 Å². The molecule has 2 N–H and O–H groups in total. The third-order valence-corrected chi connectivity index (χ3v) is 2.30. The third kappa shape index (κ3) is 3.42. The van der Waals surface area contributed by atoms with Crippen LogP contribution in [0, 0.1) is 6.92 Å². The summed E-state index contributed by atoms with van der Waals surface area (Å²) in [6.45, 7) is 2.01. The van der Waals surface area contributed by atoms with Crippen molar-refractivity contribution in [2.75, 3.05) is 19.2 Å². The van der Waals surface area contributed by atoms with E-state index in [1.54, 1.807) is 18.2 Å². The SMILES string of the molecule is COCNC(=O)Nc1cccc(Cl)c1C. The van der Waals surface area contributed by atoms with E-state index >= 15 is 0 Å². The normalized spacial score (nSPS) is 9.80. The van der Waals surface area contributed by atoms with Gasteiger partial charge in [0.15, 0.2) is 0 Å². The fourth-order valence-electron chi connectivity index (χ4n) is 1.05. The molecule has 2 amide bonds. The maximum Gasteiger partial charge on any atom is 0.321 e. The Kier molecular flexibility index (Phi) is 4.39. The van der Waals surface area contributed by atoms with Gasteiger partial charge in [-0.25, -0.2) is 4.79 Å². The van der Waals surface area contributed by atoms with E-state index in [1.165, 1.54) is 7.11 Å². The van der Waals surface area contributed by atoms with Gasteiger partial charge in [-0.15, -0.1) is 0 Å². The second kappa shape index (κ2) is 5.58. The summed E-state index contributed by atoms with van der Waals surface area (Å²) in [7, 11) is 1.50. The van der Waals surface area contributed by atoms with E-state index in [1.807, 2.05) is 6.92 Å². The van der Waals surface area contributed by atoms with Crippen molar-refractivity contribution >= 4 is 23.3 Å². The molecule has 0 aliphatic heterocycles. The molecule has 0 atom stereocenters. The van der Waals surface area contributed by atoms with Gasteiger partial charge in [-0.3, -0.25) is 0 Å². The number of methoxy groups -OCH3 is 1. The minimum absolute atomic E-state index is 0.172. The van der Waals surface area contributed by atoms with E-state index in [9.17, 15) is 4.79 Å². The highest BCUT2D eigenvalue weighted by Crippen LogP contribution is 2.22. The molecular formula is C10H13ClN2O2. The zero-order valence-electron chi connectivity index (χ0n) is 8.63. The Morgan fingerprint density at radius 3 is 2.93 bits per heavy atom. The smallest absolute Gasteiger partial charge is 0.321 e. The highest BCUT2D eigenvalue weighted by molar-refractivity contribution is 6.31. The van der Waals surface area contributed by atoms with Crippen molar-refractivity contribution in [1.82, 2.24) is 5.32 Å². The molecule has 0 aliphatic carbocycles. The van der Waals surface area contributed by atoms with Gasteiger partial charge in [0.2, 0.25) is 0 Å². The fourth-order valence-corrected chi connectivity index (χ4v) is 1.22. The first kappa shape index (κ1) is 11.8. The van der Waals surface area contributed by atoms with Crippen molar-refractivity contribution in [2.45, 2.75) is 6.92 Å². The predicted molar refractivity (Wildman–Crippen MR) is 60.2 cm³/mol. The van der Waals surface area contributed by atoms with E-state index in [-0.39, 0.29) is 12.8 Å². The quantitative estimate of drug-likeness (QED) is 0.781. The first-order valence-corrected chi connectivity index (χ1v) is 4.82. The zero-order valence-corrected chi connectivity index (χ0v) is 9.39. The molecule has 0 aromatic heterocycles. The van der Waals surface area contributed by atoms with Gasteiger partial charge in [-0.2, -0.15) is 0 Å². The van der Waals surface area contributed by atoms with Crippen LogP contribution in [-0.4, -0.2) is 19.9 Å². The number of urea groups is 1. The highest BCUT2D eigenvalue weighted by Gasteiger charge is 2.05. The number of nitrogens with one attached hydrogen (secondary N) is 2. The van der Waals surface area contributed by atoms with Gasteiger partial charge < -0.3 is 15.4 Å². The van der Waals surface area contributed by atoms with E-state index < -0.39 is 0 Å². The van der Waals surface area contributed by atoms with Crippen molar-refractivity contribution < 1.29 is 9.53 Å². The number of benzene rings is 1. The van der Waals surface area contributed by atoms with Gasteiger partial charge in [0.25, 0.3) is 0 Å². The second-order valence-corrected chi connectivity index (χ2v) is 3.38. The summed E-state index contributed by atoms with van der Waals surface area (Å²) >= 11 is 5.91. The van der Waals surface area contributed by atoms with E-state index in [4.69, 9.17) is 16.3 Å². The molecule has 0 bridgehead atoms. The summed E-state index contributed by atoms with van der Waals surface area (Å²) in [4.78, 5) is 11.3. The number of halogens is 1. The van der Waals surface area contributed by atoms with Crippen LogP contribution in [0.1, 0.15) is 5.56 Å². The Morgan fingerprint density at radius 2 is 2.27 bits per heavy atom. The third-order valence-electron chi connectivity index (χ3n) is 1.89. The number of anilines is 1. The molecule has 15 heavy (non-hydrogen) atoms. The molecule has 1 aromatic carbocycles. The molecule has 5 heteroatoms. The van der Waals surface area contributed by atoms with Gasteiger partial charge in [-0.1, -0.05) is 17.7 Å². The molecule has 0 saturated heterocycles. The van der Waals surface area contributed by atoms with Crippen molar-refractivity contribution in [1.29, 1.82) is 0 Å². The Bertz CT molecular complexity index is 355. The van der Waals surface area contributed by atoms with E-state index in [2.05, 4.69) is 10.6 Å². The lowest BCUT2D eigenvalue weighted by Gasteiger charge is -2.09. The van der Waals surface area contributed by atoms with Gasteiger partial charge in [0.05, 0.1) is 0 Å². The Balaban J connectivity index is 2.64. The van der Waals surface area contributed by atoms with Gasteiger partial charge in [0, 0.05) is 17.8 Å². The number of hydrogen-bond donors (Lipinski definition) is 2.